The van der Waals surface area contributed by atoms with Gasteiger partial charge in [0.1, 0.15) is 10.8 Å². The lowest BCUT2D eigenvalue weighted by molar-refractivity contribution is 0.497. The van der Waals surface area contributed by atoms with Crippen LogP contribution in [0.4, 0.5) is 11.8 Å². The van der Waals surface area contributed by atoms with Crippen LogP contribution in [-0.4, -0.2) is 23.1 Å². The van der Waals surface area contributed by atoms with Crippen molar-refractivity contribution in [3.05, 3.63) is 35.4 Å². The summed E-state index contributed by atoms with van der Waals surface area (Å²) in [5.74, 6) is 2.08. The van der Waals surface area contributed by atoms with Gasteiger partial charge in [0.2, 0.25) is 5.95 Å². The summed E-state index contributed by atoms with van der Waals surface area (Å²) in [5.41, 5.74) is 0. The van der Waals surface area contributed by atoms with Crippen LogP contribution in [0.1, 0.15) is 12.7 Å². The largest absolute Gasteiger partial charge is 0.469 e. The van der Waals surface area contributed by atoms with Crippen LogP contribution in [0.15, 0.2) is 29.0 Å². The first-order chi connectivity index (χ1) is 8.69. The van der Waals surface area contributed by atoms with Crippen LogP contribution in [0.5, 0.6) is 0 Å². The highest BCUT2D eigenvalue weighted by Gasteiger charge is 2.10. The van der Waals surface area contributed by atoms with E-state index in [2.05, 4.69) is 20.6 Å². The van der Waals surface area contributed by atoms with Crippen LogP contribution in [-0.2, 0) is 6.42 Å². The monoisotopic (exact) mass is 266 g/mol. The Balaban J connectivity index is 2.04. The Labute approximate surface area is 111 Å². The minimum atomic E-state index is 0.160. The molecule has 0 aromatic carbocycles. The molecule has 1 atom stereocenters. The van der Waals surface area contributed by atoms with Gasteiger partial charge in [-0.15, -0.1) is 0 Å². The standard InChI is InChI=1S/C12H15ClN4O/c1-8(6-9-4-3-5-18-9)16-11-10(13)7-15-12(14-2)17-11/h3-5,7-8H,6H2,1-2H3,(H2,14,15,16,17). The zero-order valence-corrected chi connectivity index (χ0v) is 11.0. The van der Waals surface area contributed by atoms with Gasteiger partial charge in [0.05, 0.1) is 12.5 Å². The zero-order valence-electron chi connectivity index (χ0n) is 10.3. The number of halogens is 1. The van der Waals surface area contributed by atoms with E-state index in [1.54, 1.807) is 19.5 Å². The van der Waals surface area contributed by atoms with Crippen LogP contribution in [0.2, 0.25) is 5.02 Å². The van der Waals surface area contributed by atoms with E-state index in [0.29, 0.717) is 16.8 Å². The minimum absolute atomic E-state index is 0.160. The molecule has 6 heteroatoms. The smallest absolute Gasteiger partial charge is 0.224 e. The number of furan rings is 1. The molecule has 96 valence electrons. The molecule has 5 nitrogen and oxygen atoms in total. The molecular weight excluding hydrogens is 252 g/mol. The summed E-state index contributed by atoms with van der Waals surface area (Å²) in [4.78, 5) is 8.29. The molecule has 0 fully saturated rings. The van der Waals surface area contributed by atoms with Crippen molar-refractivity contribution in [3.8, 4) is 0 Å². The number of nitrogens with one attached hydrogen (secondary N) is 2. The summed E-state index contributed by atoms with van der Waals surface area (Å²) in [6.45, 7) is 2.04. The molecule has 1 unspecified atom stereocenters. The number of hydrogen-bond acceptors (Lipinski definition) is 5. The van der Waals surface area contributed by atoms with E-state index in [9.17, 15) is 0 Å². The van der Waals surface area contributed by atoms with Crippen molar-refractivity contribution in [2.24, 2.45) is 0 Å². The average molecular weight is 267 g/mol. The van der Waals surface area contributed by atoms with Crippen molar-refractivity contribution < 1.29 is 4.42 Å². The molecule has 0 bridgehead atoms. The van der Waals surface area contributed by atoms with E-state index in [0.717, 1.165) is 12.2 Å². The van der Waals surface area contributed by atoms with Gasteiger partial charge >= 0.3 is 0 Å². The third-order valence-corrected chi connectivity index (χ3v) is 2.71. The molecule has 18 heavy (non-hydrogen) atoms. The van der Waals surface area contributed by atoms with Gasteiger partial charge in [-0.05, 0) is 19.1 Å². The van der Waals surface area contributed by atoms with Gasteiger partial charge in [0.25, 0.3) is 0 Å². The van der Waals surface area contributed by atoms with Crippen LogP contribution >= 0.6 is 11.6 Å². The summed E-state index contributed by atoms with van der Waals surface area (Å²) in [6.07, 6.45) is 4.00. The molecule has 0 aliphatic rings. The second-order valence-electron chi connectivity index (χ2n) is 3.97. The van der Waals surface area contributed by atoms with E-state index in [1.807, 2.05) is 19.1 Å². The van der Waals surface area contributed by atoms with Gasteiger partial charge in [-0.2, -0.15) is 4.98 Å². The maximum Gasteiger partial charge on any atom is 0.224 e. The molecule has 0 aliphatic carbocycles. The Morgan fingerprint density at radius 3 is 3.00 bits per heavy atom. The van der Waals surface area contributed by atoms with Gasteiger partial charge in [0, 0.05) is 19.5 Å². The lowest BCUT2D eigenvalue weighted by Gasteiger charge is -2.14. The van der Waals surface area contributed by atoms with Crippen molar-refractivity contribution in [2.75, 3.05) is 17.7 Å². The molecule has 2 N–H and O–H groups in total. The first kappa shape index (κ1) is 12.7. The van der Waals surface area contributed by atoms with Crippen LogP contribution < -0.4 is 10.6 Å². The van der Waals surface area contributed by atoms with E-state index < -0.39 is 0 Å². The number of aromatic nitrogens is 2. The topological polar surface area (TPSA) is 63.0 Å². The molecule has 2 aromatic rings. The maximum absolute atomic E-state index is 6.04. The average Bonchev–Trinajstić information content (AvgIpc) is 2.84. The van der Waals surface area contributed by atoms with Gasteiger partial charge in [0.15, 0.2) is 5.82 Å². The van der Waals surface area contributed by atoms with Gasteiger partial charge < -0.3 is 15.1 Å². The second kappa shape index (κ2) is 5.73. The fraction of sp³-hybridized carbons (Fsp3) is 0.333. The molecule has 0 aliphatic heterocycles. The first-order valence-electron chi connectivity index (χ1n) is 5.68. The highest BCUT2D eigenvalue weighted by Crippen LogP contribution is 2.20. The summed E-state index contributed by atoms with van der Waals surface area (Å²) in [7, 11) is 1.76. The van der Waals surface area contributed by atoms with Gasteiger partial charge in [-0.1, -0.05) is 11.6 Å². The van der Waals surface area contributed by atoms with E-state index in [1.165, 1.54) is 0 Å². The normalized spacial score (nSPS) is 12.2. The summed E-state index contributed by atoms with van der Waals surface area (Å²) in [6, 6.07) is 3.98. The third-order valence-electron chi connectivity index (χ3n) is 2.44. The number of rotatable bonds is 5. The molecule has 2 aromatic heterocycles. The highest BCUT2D eigenvalue weighted by atomic mass is 35.5. The lowest BCUT2D eigenvalue weighted by Crippen LogP contribution is -2.19. The second-order valence-corrected chi connectivity index (χ2v) is 4.38. The number of hydrogen-bond donors (Lipinski definition) is 2. The molecule has 0 spiro atoms. The van der Waals surface area contributed by atoms with Crippen LogP contribution in [0.25, 0.3) is 0 Å². The lowest BCUT2D eigenvalue weighted by atomic mass is 10.2. The van der Waals surface area contributed by atoms with Gasteiger partial charge in [-0.25, -0.2) is 4.98 Å². The van der Waals surface area contributed by atoms with Crippen molar-refractivity contribution >= 4 is 23.4 Å². The van der Waals surface area contributed by atoms with Gasteiger partial charge in [-0.3, -0.25) is 0 Å². The number of nitrogens with zero attached hydrogens (tertiary/aromatic N) is 2. The molecule has 0 saturated heterocycles. The maximum atomic E-state index is 6.04. The Morgan fingerprint density at radius 2 is 2.33 bits per heavy atom. The number of anilines is 2. The fourth-order valence-electron chi connectivity index (χ4n) is 1.60. The third kappa shape index (κ3) is 3.13. The molecule has 0 saturated carbocycles. The summed E-state index contributed by atoms with van der Waals surface area (Å²) < 4.78 is 5.30. The predicted octanol–water partition coefficient (Wildman–Crippen LogP) is 2.81. The Morgan fingerprint density at radius 1 is 1.50 bits per heavy atom. The quantitative estimate of drug-likeness (QED) is 0.871. The summed E-state index contributed by atoms with van der Waals surface area (Å²) in [5, 5.41) is 6.61. The molecule has 2 heterocycles. The fourth-order valence-corrected chi connectivity index (χ4v) is 1.75. The minimum Gasteiger partial charge on any atom is -0.469 e. The molecular formula is C12H15ClN4O. The molecule has 2 rings (SSSR count). The van der Waals surface area contributed by atoms with Crippen LogP contribution in [0.3, 0.4) is 0 Å². The van der Waals surface area contributed by atoms with E-state index >= 15 is 0 Å². The van der Waals surface area contributed by atoms with Crippen LogP contribution in [0, 0.1) is 0 Å². The highest BCUT2D eigenvalue weighted by molar-refractivity contribution is 6.32. The Bertz CT molecular complexity index is 501. The van der Waals surface area contributed by atoms with Crippen molar-refractivity contribution in [1.82, 2.24) is 9.97 Å². The SMILES string of the molecule is CNc1ncc(Cl)c(NC(C)Cc2ccco2)n1. The van der Waals surface area contributed by atoms with Crippen molar-refractivity contribution in [1.29, 1.82) is 0 Å². The van der Waals surface area contributed by atoms with Crippen molar-refractivity contribution in [3.63, 3.8) is 0 Å². The molecule has 0 radical (unpaired) electrons. The zero-order chi connectivity index (χ0) is 13.0. The van der Waals surface area contributed by atoms with Crippen molar-refractivity contribution in [2.45, 2.75) is 19.4 Å². The Kier molecular flexibility index (Phi) is 4.04. The summed E-state index contributed by atoms with van der Waals surface area (Å²) >= 11 is 6.04. The first-order valence-corrected chi connectivity index (χ1v) is 6.06. The molecule has 0 amide bonds. The van der Waals surface area contributed by atoms with E-state index in [4.69, 9.17) is 16.0 Å². The Hall–Kier alpha value is -1.75. The van der Waals surface area contributed by atoms with E-state index in [-0.39, 0.29) is 6.04 Å². The predicted molar refractivity (Wildman–Crippen MR) is 72.1 cm³/mol.